The zero-order valence-electron chi connectivity index (χ0n) is 12.5. The molecule has 1 N–H and O–H groups in total. The molecular weight excluding hydrogens is 328 g/mol. The Balaban J connectivity index is 1.63. The second kappa shape index (κ2) is 5.56. The van der Waals surface area contributed by atoms with Crippen molar-refractivity contribution in [2.75, 3.05) is 26.2 Å². The van der Waals surface area contributed by atoms with Crippen LogP contribution < -0.4 is 10.1 Å². The van der Waals surface area contributed by atoms with Crippen molar-refractivity contribution >= 4 is 15.9 Å². The lowest BCUT2D eigenvalue weighted by atomic mass is 9.92. The van der Waals surface area contributed by atoms with Crippen LogP contribution in [0.15, 0.2) is 16.6 Å². The van der Waals surface area contributed by atoms with E-state index in [2.05, 4.69) is 38.3 Å². The molecule has 0 radical (unpaired) electrons. The second-order valence-electron chi connectivity index (χ2n) is 6.68. The molecule has 3 nitrogen and oxygen atoms in total. The summed E-state index contributed by atoms with van der Waals surface area (Å²) in [6, 6.07) is 4.48. The highest BCUT2D eigenvalue weighted by molar-refractivity contribution is 9.10. The van der Waals surface area contributed by atoms with Crippen molar-refractivity contribution in [3.05, 3.63) is 27.7 Å². The molecule has 1 aromatic rings. The number of halogens is 1. The van der Waals surface area contributed by atoms with Gasteiger partial charge in [0.2, 0.25) is 0 Å². The average molecular weight is 351 g/mol. The second-order valence-corrected chi connectivity index (χ2v) is 7.60. The maximum Gasteiger partial charge on any atom is 0.127 e. The number of ether oxygens (including phenoxy) is 1. The van der Waals surface area contributed by atoms with Crippen molar-refractivity contribution in [3.8, 4) is 5.75 Å². The lowest BCUT2D eigenvalue weighted by molar-refractivity contribution is 0.0565. The quantitative estimate of drug-likeness (QED) is 0.886. The van der Waals surface area contributed by atoms with Gasteiger partial charge in [0, 0.05) is 48.2 Å². The van der Waals surface area contributed by atoms with E-state index < -0.39 is 0 Å². The molecule has 21 heavy (non-hydrogen) atoms. The third-order valence-electron chi connectivity index (χ3n) is 5.40. The lowest BCUT2D eigenvalue weighted by Crippen LogP contribution is -2.59. The summed E-state index contributed by atoms with van der Waals surface area (Å²) in [6.45, 7) is 5.29. The monoisotopic (exact) mass is 350 g/mol. The fourth-order valence-electron chi connectivity index (χ4n) is 4.33. The molecule has 1 spiro atoms. The first-order valence-electron chi connectivity index (χ1n) is 8.17. The molecular formula is C17H23BrN2O. The van der Waals surface area contributed by atoms with E-state index in [1.165, 1.54) is 41.3 Å². The van der Waals surface area contributed by atoms with Gasteiger partial charge in [0.15, 0.2) is 0 Å². The highest BCUT2D eigenvalue weighted by atomic mass is 79.9. The van der Waals surface area contributed by atoms with Crippen LogP contribution >= 0.6 is 15.9 Å². The van der Waals surface area contributed by atoms with Gasteiger partial charge in [-0.15, -0.1) is 0 Å². The summed E-state index contributed by atoms with van der Waals surface area (Å²) >= 11 is 3.67. The summed E-state index contributed by atoms with van der Waals surface area (Å²) in [5.41, 5.74) is 3.13. The number of piperazine rings is 1. The third-order valence-corrected chi connectivity index (χ3v) is 5.86. The van der Waals surface area contributed by atoms with Crippen LogP contribution in [0, 0.1) is 0 Å². The van der Waals surface area contributed by atoms with E-state index in [1.54, 1.807) is 0 Å². The third kappa shape index (κ3) is 2.51. The number of nitrogens with zero attached hydrogens (tertiary/aromatic N) is 1. The van der Waals surface area contributed by atoms with Crippen molar-refractivity contribution in [2.24, 2.45) is 0 Å². The first-order chi connectivity index (χ1) is 10.3. The molecule has 0 atom stereocenters. The van der Waals surface area contributed by atoms with Gasteiger partial charge in [0.1, 0.15) is 5.75 Å². The highest BCUT2D eigenvalue weighted by Gasteiger charge is 2.41. The van der Waals surface area contributed by atoms with E-state index in [4.69, 9.17) is 4.74 Å². The van der Waals surface area contributed by atoms with E-state index in [9.17, 15) is 0 Å². The molecule has 2 heterocycles. The van der Waals surface area contributed by atoms with Gasteiger partial charge in [-0.3, -0.25) is 4.90 Å². The Morgan fingerprint density at radius 2 is 2.14 bits per heavy atom. The molecule has 2 aliphatic heterocycles. The van der Waals surface area contributed by atoms with Crippen molar-refractivity contribution in [3.63, 3.8) is 0 Å². The van der Waals surface area contributed by atoms with Crippen LogP contribution in [0.25, 0.3) is 0 Å². The molecule has 0 bridgehead atoms. The molecule has 2 fully saturated rings. The van der Waals surface area contributed by atoms with Gasteiger partial charge in [-0.25, -0.2) is 0 Å². The van der Waals surface area contributed by atoms with Crippen LogP contribution in [0.2, 0.25) is 0 Å². The number of nitrogens with one attached hydrogen (secondary N) is 1. The van der Waals surface area contributed by atoms with E-state index >= 15 is 0 Å². The Hall–Kier alpha value is -0.580. The highest BCUT2D eigenvalue weighted by Crippen LogP contribution is 2.39. The van der Waals surface area contributed by atoms with Gasteiger partial charge in [-0.05, 0) is 30.5 Å². The number of benzene rings is 1. The number of fused-ring (bicyclic) bond motifs is 1. The first kappa shape index (κ1) is 14.0. The van der Waals surface area contributed by atoms with Crippen LogP contribution in [-0.4, -0.2) is 36.7 Å². The van der Waals surface area contributed by atoms with E-state index in [0.29, 0.717) is 5.54 Å². The Kier molecular flexibility index (Phi) is 3.72. The van der Waals surface area contributed by atoms with Gasteiger partial charge in [0.05, 0.1) is 6.61 Å². The predicted octanol–water partition coefficient (Wildman–Crippen LogP) is 3.10. The van der Waals surface area contributed by atoms with E-state index in [0.717, 1.165) is 45.0 Å². The molecule has 4 heteroatoms. The largest absolute Gasteiger partial charge is 0.493 e. The Morgan fingerprint density at radius 3 is 3.00 bits per heavy atom. The molecule has 3 aliphatic rings. The maximum atomic E-state index is 5.91. The topological polar surface area (TPSA) is 24.5 Å². The fraction of sp³-hybridized carbons (Fsp3) is 0.647. The number of hydrogen-bond donors (Lipinski definition) is 1. The molecule has 1 aliphatic carbocycles. The van der Waals surface area contributed by atoms with Crippen LogP contribution in [0.5, 0.6) is 5.75 Å². The van der Waals surface area contributed by atoms with Gasteiger partial charge in [-0.1, -0.05) is 28.8 Å². The summed E-state index contributed by atoms with van der Waals surface area (Å²) in [5, 5.41) is 3.61. The number of rotatable bonds is 2. The Labute approximate surface area is 135 Å². The Morgan fingerprint density at radius 1 is 1.29 bits per heavy atom. The molecule has 1 saturated heterocycles. The maximum absolute atomic E-state index is 5.91. The molecule has 0 amide bonds. The fourth-order valence-corrected chi connectivity index (χ4v) is 4.88. The predicted molar refractivity (Wildman–Crippen MR) is 87.8 cm³/mol. The minimum atomic E-state index is 0.395. The van der Waals surface area contributed by atoms with Crippen molar-refractivity contribution < 1.29 is 4.74 Å². The molecule has 0 unspecified atom stereocenters. The SMILES string of the molecule is Brc1cc2c(c(CN3CCNCC34CCCC4)c1)OCC2. The van der Waals surface area contributed by atoms with Gasteiger partial charge in [0.25, 0.3) is 0 Å². The summed E-state index contributed by atoms with van der Waals surface area (Å²) < 4.78 is 7.11. The number of hydrogen-bond acceptors (Lipinski definition) is 3. The van der Waals surface area contributed by atoms with Crippen LogP contribution in [0.1, 0.15) is 36.8 Å². The lowest BCUT2D eigenvalue weighted by Gasteiger charge is -2.45. The van der Waals surface area contributed by atoms with E-state index in [-0.39, 0.29) is 0 Å². The van der Waals surface area contributed by atoms with Crippen molar-refractivity contribution in [2.45, 2.75) is 44.2 Å². The summed E-state index contributed by atoms with van der Waals surface area (Å²) in [7, 11) is 0. The van der Waals surface area contributed by atoms with Crippen LogP contribution in [0.3, 0.4) is 0 Å². The summed E-state index contributed by atoms with van der Waals surface area (Å²) in [6.07, 6.45) is 6.50. The first-order valence-corrected chi connectivity index (χ1v) is 8.96. The minimum Gasteiger partial charge on any atom is -0.493 e. The van der Waals surface area contributed by atoms with Gasteiger partial charge >= 0.3 is 0 Å². The molecule has 4 rings (SSSR count). The van der Waals surface area contributed by atoms with Crippen molar-refractivity contribution in [1.29, 1.82) is 0 Å². The van der Waals surface area contributed by atoms with Gasteiger partial charge < -0.3 is 10.1 Å². The molecule has 1 saturated carbocycles. The summed E-state index contributed by atoms with van der Waals surface area (Å²) in [4.78, 5) is 2.72. The standard InChI is InChI=1S/C17H23BrN2O/c18-15-9-13-3-8-21-16(13)14(10-15)11-20-7-6-19-12-17(20)4-1-2-5-17/h9-10,19H,1-8,11-12H2. The molecule has 114 valence electrons. The Bertz CT molecular complexity index is 540. The molecule has 1 aromatic carbocycles. The summed E-state index contributed by atoms with van der Waals surface area (Å²) in [5.74, 6) is 1.16. The van der Waals surface area contributed by atoms with Crippen LogP contribution in [-0.2, 0) is 13.0 Å². The zero-order valence-corrected chi connectivity index (χ0v) is 14.0. The normalized spacial score (nSPS) is 24.2. The van der Waals surface area contributed by atoms with Crippen LogP contribution in [0.4, 0.5) is 0 Å². The van der Waals surface area contributed by atoms with E-state index in [1.807, 2.05) is 0 Å². The van der Waals surface area contributed by atoms with Gasteiger partial charge in [-0.2, -0.15) is 0 Å². The minimum absolute atomic E-state index is 0.395. The zero-order chi connectivity index (χ0) is 14.3. The van der Waals surface area contributed by atoms with Crippen molar-refractivity contribution in [1.82, 2.24) is 10.2 Å². The average Bonchev–Trinajstić information content (AvgIpc) is 3.11. The molecule has 0 aromatic heterocycles. The smallest absolute Gasteiger partial charge is 0.127 e.